The van der Waals surface area contributed by atoms with Crippen molar-refractivity contribution in [3.8, 4) is 0 Å². The van der Waals surface area contributed by atoms with Crippen LogP contribution in [0.2, 0.25) is 0 Å². The number of hydrogen-bond acceptors (Lipinski definition) is 3. The van der Waals surface area contributed by atoms with Gasteiger partial charge in [0, 0.05) is 0 Å². The average molecular weight is 146 g/mol. The molecule has 0 aromatic rings. The number of halogens is 1. The van der Waals surface area contributed by atoms with Crippen LogP contribution in [0.3, 0.4) is 0 Å². The zero-order valence-electron chi connectivity index (χ0n) is 5.27. The number of alkyl halides is 1. The van der Waals surface area contributed by atoms with Gasteiger partial charge in [-0.2, -0.15) is 0 Å². The van der Waals surface area contributed by atoms with Crippen molar-refractivity contribution < 1.29 is 19.3 Å². The highest BCUT2D eigenvalue weighted by molar-refractivity contribution is 6.11. The zero-order valence-corrected chi connectivity index (χ0v) is 5.27. The molecule has 2 radical (unpaired) electrons. The van der Waals surface area contributed by atoms with E-state index >= 15 is 0 Å². The van der Waals surface area contributed by atoms with Crippen LogP contribution in [-0.2, 0) is 4.74 Å². The molecule has 1 rings (SSSR count). The van der Waals surface area contributed by atoms with E-state index in [1.165, 1.54) is 0 Å². The maximum absolute atomic E-state index is 12.5. The Hall–Kier alpha value is -0.125. The molecule has 4 atom stereocenters. The average Bonchev–Trinajstić information content (AvgIpc) is 2.17. The standard InChI is InChI=1S/C5H8BFO3/c6-5-3(7)4(9)2(1-8)10-5/h2-5,8-9H,1H2/t2-,3+,4?,5-/m1/s1. The van der Waals surface area contributed by atoms with E-state index in [9.17, 15) is 4.39 Å². The summed E-state index contributed by atoms with van der Waals surface area (Å²) in [6.45, 7) is -0.407. The molecule has 0 spiro atoms. The molecule has 5 heteroatoms. The Labute approximate surface area is 59.2 Å². The summed E-state index contributed by atoms with van der Waals surface area (Å²) in [4.78, 5) is 0. The molecular weight excluding hydrogens is 138 g/mol. The van der Waals surface area contributed by atoms with Crippen LogP contribution >= 0.6 is 0 Å². The second kappa shape index (κ2) is 2.86. The fourth-order valence-corrected chi connectivity index (χ4v) is 0.908. The molecule has 0 aromatic carbocycles. The van der Waals surface area contributed by atoms with Crippen molar-refractivity contribution in [2.24, 2.45) is 0 Å². The molecule has 10 heavy (non-hydrogen) atoms. The van der Waals surface area contributed by atoms with Crippen molar-refractivity contribution in [3.63, 3.8) is 0 Å². The van der Waals surface area contributed by atoms with Gasteiger partial charge in [0.25, 0.3) is 0 Å². The molecule has 0 aliphatic carbocycles. The van der Waals surface area contributed by atoms with E-state index < -0.39 is 31.0 Å². The molecule has 56 valence electrons. The van der Waals surface area contributed by atoms with Gasteiger partial charge < -0.3 is 14.9 Å². The van der Waals surface area contributed by atoms with Crippen LogP contribution in [0.5, 0.6) is 0 Å². The van der Waals surface area contributed by atoms with Crippen molar-refractivity contribution in [3.05, 3.63) is 0 Å². The molecule has 2 N–H and O–H groups in total. The maximum atomic E-state index is 12.5. The van der Waals surface area contributed by atoms with Gasteiger partial charge in [-0.25, -0.2) is 4.39 Å². The van der Waals surface area contributed by atoms with Gasteiger partial charge in [0.2, 0.25) is 0 Å². The van der Waals surface area contributed by atoms with Gasteiger partial charge in [0.1, 0.15) is 26.2 Å². The van der Waals surface area contributed by atoms with Gasteiger partial charge in [0.15, 0.2) is 0 Å². The van der Waals surface area contributed by atoms with Gasteiger partial charge in [-0.1, -0.05) is 0 Å². The number of ether oxygens (including phenoxy) is 1. The molecule has 0 aromatic heterocycles. The Morgan fingerprint density at radius 3 is 2.40 bits per heavy atom. The first-order valence-electron chi connectivity index (χ1n) is 3.01. The van der Waals surface area contributed by atoms with Crippen molar-refractivity contribution >= 4 is 7.85 Å². The molecule has 1 aliphatic heterocycles. The molecule has 1 unspecified atom stereocenters. The molecule has 3 nitrogen and oxygen atoms in total. The lowest BCUT2D eigenvalue weighted by atomic mass is 9.94. The lowest BCUT2D eigenvalue weighted by Gasteiger charge is -2.09. The van der Waals surface area contributed by atoms with Crippen molar-refractivity contribution in [1.29, 1.82) is 0 Å². The van der Waals surface area contributed by atoms with Gasteiger partial charge >= 0.3 is 0 Å². The largest absolute Gasteiger partial charge is 0.394 e. The van der Waals surface area contributed by atoms with Crippen LogP contribution in [0.15, 0.2) is 0 Å². The van der Waals surface area contributed by atoms with Crippen LogP contribution in [0.1, 0.15) is 0 Å². The van der Waals surface area contributed by atoms with Crippen molar-refractivity contribution in [2.75, 3.05) is 6.61 Å². The van der Waals surface area contributed by atoms with Gasteiger partial charge in [0.05, 0.1) is 12.6 Å². The second-order valence-electron chi connectivity index (χ2n) is 2.26. The smallest absolute Gasteiger partial charge is 0.146 e. The van der Waals surface area contributed by atoms with E-state index in [0.29, 0.717) is 0 Å². The summed E-state index contributed by atoms with van der Waals surface area (Å²) in [7, 11) is 5.07. The van der Waals surface area contributed by atoms with Gasteiger partial charge in [-0.15, -0.1) is 0 Å². The Kier molecular flexibility index (Phi) is 2.28. The first-order valence-corrected chi connectivity index (χ1v) is 3.01. The summed E-state index contributed by atoms with van der Waals surface area (Å²) in [5.41, 5.74) is 0. The third-order valence-corrected chi connectivity index (χ3v) is 1.53. The van der Waals surface area contributed by atoms with Crippen LogP contribution in [0, 0.1) is 0 Å². The topological polar surface area (TPSA) is 49.7 Å². The SMILES string of the molecule is [B][C@@H]1O[C@H](CO)C(O)[C@@H]1F. The van der Waals surface area contributed by atoms with E-state index in [-0.39, 0.29) is 0 Å². The highest BCUT2D eigenvalue weighted by atomic mass is 19.1. The van der Waals surface area contributed by atoms with E-state index in [1.807, 2.05) is 0 Å². The highest BCUT2D eigenvalue weighted by Gasteiger charge is 2.40. The highest BCUT2D eigenvalue weighted by Crippen LogP contribution is 2.21. The van der Waals surface area contributed by atoms with E-state index in [1.54, 1.807) is 0 Å². The molecule has 0 amide bonds. The summed E-state index contributed by atoms with van der Waals surface area (Å²) in [5, 5.41) is 17.4. The molecule has 0 bridgehead atoms. The molecule has 1 aliphatic rings. The number of aliphatic hydroxyl groups excluding tert-OH is 2. The third-order valence-electron chi connectivity index (χ3n) is 1.53. The molecule has 1 heterocycles. The normalized spacial score (nSPS) is 47.9. The Morgan fingerprint density at radius 1 is 1.60 bits per heavy atom. The van der Waals surface area contributed by atoms with Crippen molar-refractivity contribution in [2.45, 2.75) is 24.4 Å². The fraction of sp³-hybridized carbons (Fsp3) is 1.00. The third kappa shape index (κ3) is 1.16. The number of hydrogen-bond donors (Lipinski definition) is 2. The van der Waals surface area contributed by atoms with Crippen LogP contribution in [0.25, 0.3) is 0 Å². The quantitative estimate of drug-likeness (QED) is 0.446. The van der Waals surface area contributed by atoms with Crippen LogP contribution < -0.4 is 0 Å². The predicted molar refractivity (Wildman–Crippen MR) is 32.4 cm³/mol. The minimum atomic E-state index is -1.59. The first-order chi connectivity index (χ1) is 4.66. The Balaban J connectivity index is 2.53. The zero-order chi connectivity index (χ0) is 7.72. The summed E-state index contributed by atoms with van der Waals surface area (Å²) in [6.07, 6.45) is -3.75. The molecule has 1 saturated heterocycles. The molecular formula is C5H8BFO3. The summed E-state index contributed by atoms with van der Waals surface area (Å²) < 4.78 is 17.2. The van der Waals surface area contributed by atoms with Crippen molar-refractivity contribution in [1.82, 2.24) is 0 Å². The summed E-state index contributed by atoms with van der Waals surface area (Å²) in [6, 6.07) is -1.10. The Bertz CT molecular complexity index is 123. The second-order valence-corrected chi connectivity index (χ2v) is 2.26. The van der Waals surface area contributed by atoms with E-state index in [4.69, 9.17) is 18.1 Å². The predicted octanol–water partition coefficient (Wildman–Crippen LogP) is -1.43. The van der Waals surface area contributed by atoms with Crippen LogP contribution in [0.4, 0.5) is 4.39 Å². The monoisotopic (exact) mass is 146 g/mol. The van der Waals surface area contributed by atoms with Crippen LogP contribution in [-0.4, -0.2) is 49.0 Å². The lowest BCUT2D eigenvalue weighted by molar-refractivity contribution is -0.00566. The molecule has 1 fully saturated rings. The maximum Gasteiger partial charge on any atom is 0.146 e. The number of rotatable bonds is 1. The van der Waals surface area contributed by atoms with E-state index in [0.717, 1.165) is 0 Å². The summed E-state index contributed by atoms with van der Waals surface area (Å²) in [5.74, 6) is 0. The summed E-state index contributed by atoms with van der Waals surface area (Å²) >= 11 is 0. The lowest BCUT2D eigenvalue weighted by Crippen LogP contribution is -2.30. The minimum absolute atomic E-state index is 0.407. The fourth-order valence-electron chi connectivity index (χ4n) is 0.908. The first kappa shape index (κ1) is 7.98. The molecule has 0 saturated carbocycles. The van der Waals surface area contributed by atoms with E-state index in [2.05, 4.69) is 4.74 Å². The van der Waals surface area contributed by atoms with Gasteiger partial charge in [-0.05, 0) is 0 Å². The minimum Gasteiger partial charge on any atom is -0.394 e. The number of aliphatic hydroxyl groups is 2. The van der Waals surface area contributed by atoms with Gasteiger partial charge in [-0.3, -0.25) is 0 Å². The Morgan fingerprint density at radius 2 is 2.20 bits per heavy atom.